The fourth-order valence-corrected chi connectivity index (χ4v) is 3.97. The van der Waals surface area contributed by atoms with Crippen molar-refractivity contribution in [2.75, 3.05) is 5.75 Å². The van der Waals surface area contributed by atoms with E-state index in [1.807, 2.05) is 0 Å². The summed E-state index contributed by atoms with van der Waals surface area (Å²) < 4.78 is 1.65. The van der Waals surface area contributed by atoms with Gasteiger partial charge in [-0.1, -0.05) is 82.8 Å². The highest BCUT2D eigenvalue weighted by Crippen LogP contribution is 2.23. The van der Waals surface area contributed by atoms with Gasteiger partial charge in [-0.25, -0.2) is 0 Å². The number of hydrogen-bond donors (Lipinski definition) is 0. The molecule has 0 saturated carbocycles. The molecule has 4 heteroatoms. The molecule has 0 aromatic carbocycles. The number of thioether (sulfide) groups is 2. The summed E-state index contributed by atoms with van der Waals surface area (Å²) in [5.41, 5.74) is 0. The second-order valence-corrected chi connectivity index (χ2v) is 8.02. The van der Waals surface area contributed by atoms with E-state index >= 15 is 0 Å². The van der Waals surface area contributed by atoms with Gasteiger partial charge in [0.05, 0.1) is 0 Å². The maximum atomic E-state index is 11.8. The second-order valence-electron chi connectivity index (χ2n) is 5.15. The Morgan fingerprint density at radius 2 is 1.75 bits per heavy atom. The van der Waals surface area contributed by atoms with Crippen molar-refractivity contribution in [3.63, 3.8) is 0 Å². The Balaban J connectivity index is 3.55. The second kappa shape index (κ2) is 15.8. The van der Waals surface area contributed by atoms with Crippen LogP contribution >= 0.6 is 35.7 Å². The van der Waals surface area contributed by atoms with Gasteiger partial charge in [0.15, 0.2) is 5.12 Å². The van der Waals surface area contributed by atoms with E-state index in [4.69, 9.17) is 12.2 Å². The predicted molar refractivity (Wildman–Crippen MR) is 100 cm³/mol. The first-order chi connectivity index (χ1) is 9.74. The molecule has 0 amide bonds. The third-order valence-corrected chi connectivity index (χ3v) is 5.73. The Kier molecular flexibility index (Phi) is 16.2. The Bertz CT molecular complexity index is 244. The molecule has 0 radical (unpaired) electrons. The minimum absolute atomic E-state index is 0.337. The van der Waals surface area contributed by atoms with Crippen molar-refractivity contribution in [2.45, 2.75) is 83.3 Å². The molecule has 118 valence electrons. The summed E-state index contributed by atoms with van der Waals surface area (Å²) in [4.78, 5) is 11.8. The zero-order valence-corrected chi connectivity index (χ0v) is 15.5. The van der Waals surface area contributed by atoms with Crippen molar-refractivity contribution in [3.8, 4) is 0 Å². The van der Waals surface area contributed by atoms with E-state index in [2.05, 4.69) is 13.8 Å². The predicted octanol–water partition coefficient (Wildman–Crippen LogP) is 6.25. The maximum Gasteiger partial charge on any atom is 0.190 e. The number of carbonyl (C=O) groups excluding carboxylic acids is 1. The lowest BCUT2D eigenvalue weighted by molar-refractivity contribution is -0.110. The molecule has 0 aromatic heterocycles. The van der Waals surface area contributed by atoms with Gasteiger partial charge >= 0.3 is 0 Å². The lowest BCUT2D eigenvalue weighted by Gasteiger charge is -2.13. The van der Waals surface area contributed by atoms with E-state index in [0.717, 1.165) is 12.2 Å². The van der Waals surface area contributed by atoms with Gasteiger partial charge in [-0.15, -0.1) is 11.8 Å². The van der Waals surface area contributed by atoms with Crippen molar-refractivity contribution in [2.24, 2.45) is 0 Å². The van der Waals surface area contributed by atoms with E-state index in [1.54, 1.807) is 28.2 Å². The molecule has 0 aliphatic heterocycles. The molecule has 0 heterocycles. The van der Waals surface area contributed by atoms with Crippen molar-refractivity contribution in [3.05, 3.63) is 0 Å². The fourth-order valence-electron chi connectivity index (χ4n) is 2.11. The Labute approximate surface area is 139 Å². The minimum atomic E-state index is 0.337. The highest BCUT2D eigenvalue weighted by molar-refractivity contribution is 8.20. The van der Waals surface area contributed by atoms with E-state index in [0.29, 0.717) is 16.8 Å². The number of carbonyl (C=O) groups is 1. The van der Waals surface area contributed by atoms with Gasteiger partial charge in [0.2, 0.25) is 0 Å². The first-order valence-electron chi connectivity index (χ1n) is 7.99. The Morgan fingerprint density at radius 1 is 1.10 bits per heavy atom. The topological polar surface area (TPSA) is 17.1 Å². The Morgan fingerprint density at radius 3 is 2.35 bits per heavy atom. The van der Waals surface area contributed by atoms with Gasteiger partial charge in [0.25, 0.3) is 0 Å². The average Bonchev–Trinajstić information content (AvgIpc) is 2.45. The van der Waals surface area contributed by atoms with Crippen LogP contribution in [0.15, 0.2) is 0 Å². The van der Waals surface area contributed by atoms with Crippen LogP contribution < -0.4 is 0 Å². The third kappa shape index (κ3) is 13.4. The molecule has 0 fully saturated rings. The normalized spacial score (nSPS) is 12.3. The summed E-state index contributed by atoms with van der Waals surface area (Å²) in [5, 5.41) is 0.861. The molecule has 0 N–H and O–H groups in total. The van der Waals surface area contributed by atoms with E-state index in [1.165, 1.54) is 51.4 Å². The first kappa shape index (κ1) is 20.5. The summed E-state index contributed by atoms with van der Waals surface area (Å²) >= 11 is 7.87. The van der Waals surface area contributed by atoms with Crippen molar-refractivity contribution in [1.29, 1.82) is 0 Å². The number of unbranched alkanes of at least 4 members (excludes halogenated alkanes) is 6. The number of thiocarbonyl (C=S) groups is 1. The van der Waals surface area contributed by atoms with E-state index < -0.39 is 0 Å². The zero-order chi connectivity index (χ0) is 15.1. The van der Waals surface area contributed by atoms with Gasteiger partial charge in [-0.3, -0.25) is 4.79 Å². The summed E-state index contributed by atoms with van der Waals surface area (Å²) in [6.07, 6.45) is 12.4. The maximum absolute atomic E-state index is 11.8. The van der Waals surface area contributed by atoms with Crippen LogP contribution in [-0.4, -0.2) is 20.8 Å². The van der Waals surface area contributed by atoms with Crippen LogP contribution in [0.3, 0.4) is 0 Å². The first-order valence-corrected chi connectivity index (χ1v) is 10.4. The quantitative estimate of drug-likeness (QED) is 0.276. The lowest BCUT2D eigenvalue weighted by atomic mass is 10.1. The monoisotopic (exact) mass is 334 g/mol. The minimum Gasteiger partial charge on any atom is -0.287 e. The van der Waals surface area contributed by atoms with Crippen LogP contribution in [0.5, 0.6) is 0 Å². The lowest BCUT2D eigenvalue weighted by Crippen LogP contribution is -2.06. The average molecular weight is 335 g/mol. The number of hydrogen-bond acceptors (Lipinski definition) is 4. The van der Waals surface area contributed by atoms with Gasteiger partial charge in [-0.05, 0) is 12.8 Å². The third-order valence-electron chi connectivity index (χ3n) is 3.38. The molecule has 1 unspecified atom stereocenters. The van der Waals surface area contributed by atoms with Gasteiger partial charge in [-0.2, -0.15) is 0 Å². The molecule has 0 aromatic rings. The highest BCUT2D eigenvalue weighted by Gasteiger charge is 2.12. The molecular weight excluding hydrogens is 304 g/mol. The summed E-state index contributed by atoms with van der Waals surface area (Å²) in [6.45, 7) is 4.45. The van der Waals surface area contributed by atoms with Gasteiger partial charge in [0, 0.05) is 22.1 Å². The van der Waals surface area contributed by atoms with Gasteiger partial charge in [0.1, 0.15) is 0 Å². The molecule has 0 aliphatic carbocycles. The van der Waals surface area contributed by atoms with Crippen molar-refractivity contribution >= 4 is 45.6 Å². The van der Waals surface area contributed by atoms with Crippen LogP contribution in [0.2, 0.25) is 0 Å². The van der Waals surface area contributed by atoms with Crippen LogP contribution in [0.1, 0.15) is 78.1 Å². The molecule has 1 atom stereocenters. The molecule has 0 spiro atoms. The zero-order valence-electron chi connectivity index (χ0n) is 13.1. The SMILES string of the molecule is CCCCCCCCCC(CC)SC(=O)CCSC=S. The van der Waals surface area contributed by atoms with Crippen molar-refractivity contribution in [1.82, 2.24) is 0 Å². The molecule has 0 bridgehead atoms. The number of rotatable bonds is 14. The van der Waals surface area contributed by atoms with Crippen LogP contribution in [0, 0.1) is 0 Å². The van der Waals surface area contributed by atoms with Crippen LogP contribution in [-0.2, 0) is 4.79 Å². The summed E-state index contributed by atoms with van der Waals surface area (Å²) in [7, 11) is 0. The smallest absolute Gasteiger partial charge is 0.190 e. The standard InChI is InChI=1S/C16H30OS3/c1-3-5-6-7-8-9-10-11-15(4-2)20-16(17)12-13-19-14-18/h14-15H,3-13H2,1-2H3. The van der Waals surface area contributed by atoms with E-state index in [9.17, 15) is 4.79 Å². The molecular formula is C16H30OS3. The van der Waals surface area contributed by atoms with Crippen LogP contribution in [0.25, 0.3) is 0 Å². The molecule has 1 nitrogen and oxygen atoms in total. The van der Waals surface area contributed by atoms with Crippen molar-refractivity contribution < 1.29 is 4.79 Å². The molecule has 0 saturated heterocycles. The molecule has 0 aliphatic rings. The Hall–Kier alpha value is 0.460. The largest absolute Gasteiger partial charge is 0.287 e. The molecule has 20 heavy (non-hydrogen) atoms. The summed E-state index contributed by atoms with van der Waals surface area (Å²) in [5.74, 6) is 0.837. The fraction of sp³-hybridized carbons (Fsp3) is 0.875. The van der Waals surface area contributed by atoms with Crippen LogP contribution in [0.4, 0.5) is 0 Å². The van der Waals surface area contributed by atoms with Gasteiger partial charge < -0.3 is 0 Å². The summed E-state index contributed by atoms with van der Waals surface area (Å²) in [6, 6.07) is 0. The van der Waals surface area contributed by atoms with E-state index in [-0.39, 0.29) is 0 Å². The molecule has 0 rings (SSSR count). The highest BCUT2D eigenvalue weighted by atomic mass is 32.2.